The average Bonchev–Trinajstić information content (AvgIpc) is 2.67. The van der Waals surface area contributed by atoms with Crippen molar-refractivity contribution in [2.75, 3.05) is 29.6 Å². The molecular formula is C19H23ClN4O2S. The zero-order chi connectivity index (χ0) is 19.2. The quantitative estimate of drug-likeness (QED) is 0.571. The van der Waals surface area contributed by atoms with Gasteiger partial charge in [0.2, 0.25) is 5.91 Å². The van der Waals surface area contributed by atoms with Crippen LogP contribution in [0.1, 0.15) is 26.2 Å². The minimum atomic E-state index is -0.146. The summed E-state index contributed by atoms with van der Waals surface area (Å²) in [5.41, 5.74) is 0.557. The maximum Gasteiger partial charge on any atom is 0.234 e. The van der Waals surface area contributed by atoms with Crippen LogP contribution in [0.2, 0.25) is 5.02 Å². The van der Waals surface area contributed by atoms with Crippen molar-refractivity contribution < 1.29 is 9.53 Å². The third-order valence-electron chi connectivity index (χ3n) is 4.51. The molecule has 8 heteroatoms. The molecule has 6 nitrogen and oxygen atoms in total. The lowest BCUT2D eigenvalue weighted by Gasteiger charge is -2.34. The fourth-order valence-corrected chi connectivity index (χ4v) is 3.94. The van der Waals surface area contributed by atoms with Crippen LogP contribution in [0.3, 0.4) is 0 Å². The van der Waals surface area contributed by atoms with Crippen molar-refractivity contribution in [3.63, 3.8) is 0 Å². The van der Waals surface area contributed by atoms with Crippen LogP contribution in [0.25, 0.3) is 0 Å². The molecule has 0 aliphatic carbocycles. The minimum Gasteiger partial charge on any atom is -0.495 e. The molecule has 0 saturated carbocycles. The maximum absolute atomic E-state index is 12.3. The Kier molecular flexibility index (Phi) is 6.79. The van der Waals surface area contributed by atoms with Gasteiger partial charge in [-0.25, -0.2) is 9.97 Å². The van der Waals surface area contributed by atoms with Crippen LogP contribution in [-0.4, -0.2) is 41.3 Å². The topological polar surface area (TPSA) is 67.3 Å². The summed E-state index contributed by atoms with van der Waals surface area (Å²) in [6, 6.07) is 7.55. The molecule has 0 bridgehead atoms. The molecule has 144 valence electrons. The number of anilines is 2. The van der Waals surface area contributed by atoms with Crippen molar-refractivity contribution in [1.29, 1.82) is 0 Å². The number of halogens is 1. The Hall–Kier alpha value is -1.99. The fraction of sp³-hybridized carbons (Fsp3) is 0.421. The molecule has 2 aromatic rings. The molecule has 1 aromatic heterocycles. The average molecular weight is 407 g/mol. The summed E-state index contributed by atoms with van der Waals surface area (Å²) in [6.07, 6.45) is 5.19. The van der Waals surface area contributed by atoms with Gasteiger partial charge in [-0.1, -0.05) is 23.4 Å². The monoisotopic (exact) mass is 406 g/mol. The van der Waals surface area contributed by atoms with E-state index in [0.29, 0.717) is 22.5 Å². The molecule has 2 heterocycles. The SMILES string of the molecule is COc1ccc(Cl)cc1NC(=O)CSc1cc(N2CCCC[C@H]2C)ncn1. The number of aromatic nitrogens is 2. The first-order valence-electron chi connectivity index (χ1n) is 8.91. The van der Waals surface area contributed by atoms with E-state index >= 15 is 0 Å². The summed E-state index contributed by atoms with van der Waals surface area (Å²) in [6.45, 7) is 3.23. The van der Waals surface area contributed by atoms with Crippen molar-refractivity contribution in [3.05, 3.63) is 35.6 Å². The van der Waals surface area contributed by atoms with E-state index in [1.807, 2.05) is 6.07 Å². The van der Waals surface area contributed by atoms with Crippen LogP contribution in [0.15, 0.2) is 35.6 Å². The number of thioether (sulfide) groups is 1. The molecule has 1 N–H and O–H groups in total. The van der Waals surface area contributed by atoms with Gasteiger partial charge in [0.1, 0.15) is 22.9 Å². The highest BCUT2D eigenvalue weighted by atomic mass is 35.5. The van der Waals surface area contributed by atoms with Gasteiger partial charge in [0.15, 0.2) is 0 Å². The lowest BCUT2D eigenvalue weighted by molar-refractivity contribution is -0.113. The number of nitrogens with one attached hydrogen (secondary N) is 1. The lowest BCUT2D eigenvalue weighted by Crippen LogP contribution is -2.38. The predicted octanol–water partition coefficient (Wildman–Crippen LogP) is 4.25. The molecule has 1 amide bonds. The molecule has 0 spiro atoms. The molecule has 1 fully saturated rings. The zero-order valence-electron chi connectivity index (χ0n) is 15.4. The summed E-state index contributed by atoms with van der Waals surface area (Å²) in [4.78, 5) is 23.3. The fourth-order valence-electron chi connectivity index (χ4n) is 3.11. The van der Waals surface area contributed by atoms with E-state index in [1.165, 1.54) is 31.0 Å². The van der Waals surface area contributed by atoms with Gasteiger partial charge in [-0.3, -0.25) is 4.79 Å². The zero-order valence-corrected chi connectivity index (χ0v) is 17.0. The van der Waals surface area contributed by atoms with Gasteiger partial charge in [0.05, 0.1) is 18.6 Å². The van der Waals surface area contributed by atoms with Gasteiger partial charge < -0.3 is 15.0 Å². The van der Waals surface area contributed by atoms with Gasteiger partial charge in [-0.15, -0.1) is 0 Å². The van der Waals surface area contributed by atoms with Gasteiger partial charge in [-0.2, -0.15) is 0 Å². The van der Waals surface area contributed by atoms with E-state index in [1.54, 1.807) is 31.6 Å². The van der Waals surface area contributed by atoms with E-state index in [0.717, 1.165) is 17.4 Å². The van der Waals surface area contributed by atoms with E-state index in [4.69, 9.17) is 16.3 Å². The number of amides is 1. The Morgan fingerprint density at radius 3 is 3.00 bits per heavy atom. The highest BCUT2D eigenvalue weighted by Crippen LogP contribution is 2.29. The summed E-state index contributed by atoms with van der Waals surface area (Å²) in [5.74, 6) is 1.59. The van der Waals surface area contributed by atoms with Crippen LogP contribution in [0.4, 0.5) is 11.5 Å². The number of hydrogen-bond acceptors (Lipinski definition) is 6. The van der Waals surface area contributed by atoms with Crippen LogP contribution >= 0.6 is 23.4 Å². The maximum atomic E-state index is 12.3. The van der Waals surface area contributed by atoms with Crippen LogP contribution < -0.4 is 15.0 Å². The van der Waals surface area contributed by atoms with Crippen molar-refractivity contribution >= 4 is 40.8 Å². The molecule has 1 aliphatic heterocycles. The van der Waals surface area contributed by atoms with E-state index < -0.39 is 0 Å². The van der Waals surface area contributed by atoms with Gasteiger partial charge >= 0.3 is 0 Å². The van der Waals surface area contributed by atoms with Gasteiger partial charge in [0.25, 0.3) is 0 Å². The highest BCUT2D eigenvalue weighted by Gasteiger charge is 2.20. The Morgan fingerprint density at radius 2 is 2.22 bits per heavy atom. The summed E-state index contributed by atoms with van der Waals surface area (Å²) >= 11 is 7.38. The predicted molar refractivity (Wildman–Crippen MR) is 110 cm³/mol. The summed E-state index contributed by atoms with van der Waals surface area (Å²) in [7, 11) is 1.55. The van der Waals surface area contributed by atoms with E-state index in [2.05, 4.69) is 27.1 Å². The van der Waals surface area contributed by atoms with Gasteiger partial charge in [0, 0.05) is 23.7 Å². The molecule has 1 aliphatic rings. The molecular weight excluding hydrogens is 384 g/mol. The standard InChI is InChI=1S/C19H23ClN4O2S/c1-13-5-3-4-8-24(13)17-10-19(22-12-21-17)27-11-18(25)23-15-9-14(20)6-7-16(15)26-2/h6-7,9-10,12-13H,3-5,8,11H2,1-2H3,(H,23,25)/t13-/m1/s1. The van der Waals surface area contributed by atoms with Crippen molar-refractivity contribution in [3.8, 4) is 5.75 Å². The molecule has 0 unspecified atom stereocenters. The number of hydrogen-bond donors (Lipinski definition) is 1. The Balaban J connectivity index is 1.61. The van der Waals surface area contributed by atoms with Crippen LogP contribution in [0, 0.1) is 0 Å². The molecule has 3 rings (SSSR count). The van der Waals surface area contributed by atoms with Crippen LogP contribution in [-0.2, 0) is 4.79 Å². The number of ether oxygens (including phenoxy) is 1. The minimum absolute atomic E-state index is 0.146. The van der Waals surface area contributed by atoms with Gasteiger partial charge in [-0.05, 0) is 44.4 Å². The first-order valence-corrected chi connectivity index (χ1v) is 10.3. The lowest BCUT2D eigenvalue weighted by atomic mass is 10.0. The number of nitrogens with zero attached hydrogens (tertiary/aromatic N) is 3. The molecule has 1 aromatic carbocycles. The number of methoxy groups -OCH3 is 1. The van der Waals surface area contributed by atoms with Crippen molar-refractivity contribution in [2.45, 2.75) is 37.3 Å². The smallest absolute Gasteiger partial charge is 0.234 e. The van der Waals surface area contributed by atoms with Crippen LogP contribution in [0.5, 0.6) is 5.75 Å². The first-order chi connectivity index (χ1) is 13.1. The van der Waals surface area contributed by atoms with Crippen molar-refractivity contribution in [1.82, 2.24) is 9.97 Å². The number of carbonyl (C=O) groups is 1. The number of piperidine rings is 1. The normalized spacial score (nSPS) is 16.9. The summed E-state index contributed by atoms with van der Waals surface area (Å²) in [5, 5.41) is 4.15. The number of rotatable bonds is 6. The third kappa shape index (κ3) is 5.26. The highest BCUT2D eigenvalue weighted by molar-refractivity contribution is 7.99. The molecule has 0 radical (unpaired) electrons. The number of benzene rings is 1. The van der Waals surface area contributed by atoms with E-state index in [-0.39, 0.29) is 11.7 Å². The Bertz CT molecular complexity index is 805. The molecule has 27 heavy (non-hydrogen) atoms. The van der Waals surface area contributed by atoms with Crippen molar-refractivity contribution in [2.24, 2.45) is 0 Å². The molecule has 1 atom stereocenters. The largest absolute Gasteiger partial charge is 0.495 e. The first kappa shape index (κ1) is 19.8. The van der Waals surface area contributed by atoms with E-state index in [9.17, 15) is 4.79 Å². The number of carbonyl (C=O) groups excluding carboxylic acids is 1. The third-order valence-corrected chi connectivity index (χ3v) is 5.67. The second kappa shape index (κ2) is 9.28. The second-order valence-electron chi connectivity index (χ2n) is 6.43. The Morgan fingerprint density at radius 1 is 1.37 bits per heavy atom. The Labute approximate surface area is 168 Å². The molecule has 1 saturated heterocycles. The second-order valence-corrected chi connectivity index (χ2v) is 7.87. The summed E-state index contributed by atoms with van der Waals surface area (Å²) < 4.78 is 5.25.